The minimum atomic E-state index is -0.202. The van der Waals surface area contributed by atoms with Gasteiger partial charge in [0.1, 0.15) is 5.03 Å². The fourth-order valence-corrected chi connectivity index (χ4v) is 2.32. The second-order valence-electron chi connectivity index (χ2n) is 4.64. The van der Waals surface area contributed by atoms with Crippen molar-refractivity contribution in [2.75, 3.05) is 16.4 Å². The molecule has 0 aliphatic rings. The molecule has 0 bridgehead atoms. The quantitative estimate of drug-likeness (QED) is 0.828. The zero-order valence-electron chi connectivity index (χ0n) is 12.3. The molecule has 1 heterocycles. The summed E-state index contributed by atoms with van der Waals surface area (Å²) in [5.41, 5.74) is 1.86. The van der Waals surface area contributed by atoms with Crippen molar-refractivity contribution in [3.63, 3.8) is 0 Å². The first kappa shape index (κ1) is 16.0. The number of nitrogens with zero attached hydrogens (tertiary/aromatic N) is 2. The van der Waals surface area contributed by atoms with E-state index in [1.54, 1.807) is 12.1 Å². The Morgan fingerprint density at radius 1 is 1.14 bits per heavy atom. The van der Waals surface area contributed by atoms with Gasteiger partial charge in [0.2, 0.25) is 11.8 Å². The van der Waals surface area contributed by atoms with Gasteiger partial charge >= 0.3 is 0 Å². The van der Waals surface area contributed by atoms with Crippen LogP contribution < -0.4 is 10.6 Å². The third-order valence-electron chi connectivity index (χ3n) is 2.60. The van der Waals surface area contributed by atoms with Crippen molar-refractivity contribution in [1.82, 2.24) is 10.2 Å². The number of aryl methyl sites for hydroxylation is 1. The van der Waals surface area contributed by atoms with Crippen LogP contribution in [0.1, 0.15) is 12.5 Å². The number of rotatable bonds is 5. The van der Waals surface area contributed by atoms with Gasteiger partial charge in [-0.05, 0) is 36.8 Å². The Labute approximate surface area is 132 Å². The predicted molar refractivity (Wildman–Crippen MR) is 86.9 cm³/mol. The van der Waals surface area contributed by atoms with Crippen molar-refractivity contribution in [2.24, 2.45) is 0 Å². The van der Waals surface area contributed by atoms with Crippen LogP contribution in [0.4, 0.5) is 11.5 Å². The Morgan fingerprint density at radius 3 is 2.59 bits per heavy atom. The third kappa shape index (κ3) is 5.17. The van der Waals surface area contributed by atoms with Crippen LogP contribution in [0.25, 0.3) is 0 Å². The maximum Gasteiger partial charge on any atom is 0.234 e. The van der Waals surface area contributed by atoms with E-state index in [-0.39, 0.29) is 17.6 Å². The molecule has 2 N–H and O–H groups in total. The highest BCUT2D eigenvalue weighted by atomic mass is 32.2. The Bertz CT molecular complexity index is 673. The molecule has 114 valence electrons. The van der Waals surface area contributed by atoms with Crippen LogP contribution in [-0.2, 0) is 9.59 Å². The second-order valence-corrected chi connectivity index (χ2v) is 5.64. The maximum atomic E-state index is 11.9. The molecule has 0 spiro atoms. The van der Waals surface area contributed by atoms with E-state index in [1.807, 2.05) is 31.2 Å². The number of benzene rings is 1. The summed E-state index contributed by atoms with van der Waals surface area (Å²) >= 11 is 1.28. The Morgan fingerprint density at radius 2 is 1.95 bits per heavy atom. The van der Waals surface area contributed by atoms with E-state index in [0.717, 1.165) is 11.3 Å². The number of anilines is 2. The number of amides is 2. The van der Waals surface area contributed by atoms with Crippen molar-refractivity contribution in [2.45, 2.75) is 18.9 Å². The number of hydrogen-bond donors (Lipinski definition) is 2. The first-order valence-corrected chi connectivity index (χ1v) is 7.62. The van der Waals surface area contributed by atoms with E-state index >= 15 is 0 Å². The standard InChI is InChI=1S/C15H16N4O2S/c1-10-4-3-5-12(8-10)17-14(21)9-22-15-7-6-13(18-19-15)16-11(2)20/h3-8H,9H2,1-2H3,(H,17,21)(H,16,18,20). The van der Waals surface area contributed by atoms with E-state index in [1.165, 1.54) is 18.7 Å². The van der Waals surface area contributed by atoms with Crippen LogP contribution in [0, 0.1) is 6.92 Å². The average Bonchev–Trinajstić information content (AvgIpc) is 2.46. The number of carbonyl (C=O) groups is 2. The number of carbonyl (C=O) groups excluding carboxylic acids is 2. The van der Waals surface area contributed by atoms with Crippen LogP contribution in [-0.4, -0.2) is 27.8 Å². The van der Waals surface area contributed by atoms with Crippen molar-refractivity contribution in [3.8, 4) is 0 Å². The Kier molecular flexibility index (Phi) is 5.48. The fourth-order valence-electron chi connectivity index (χ4n) is 1.70. The zero-order chi connectivity index (χ0) is 15.9. The number of thioether (sulfide) groups is 1. The summed E-state index contributed by atoms with van der Waals surface area (Å²) in [5.74, 6) is 0.318. The smallest absolute Gasteiger partial charge is 0.234 e. The van der Waals surface area contributed by atoms with E-state index in [4.69, 9.17) is 0 Å². The number of aromatic nitrogens is 2. The van der Waals surface area contributed by atoms with Gasteiger partial charge < -0.3 is 10.6 Å². The molecule has 2 amide bonds. The van der Waals surface area contributed by atoms with Crippen molar-refractivity contribution in [1.29, 1.82) is 0 Å². The predicted octanol–water partition coefficient (Wildman–Crippen LogP) is 2.47. The highest BCUT2D eigenvalue weighted by Gasteiger charge is 2.06. The summed E-state index contributed by atoms with van der Waals surface area (Å²) in [4.78, 5) is 22.7. The summed E-state index contributed by atoms with van der Waals surface area (Å²) in [6, 6.07) is 11.0. The summed E-state index contributed by atoms with van der Waals surface area (Å²) in [5, 5.41) is 13.8. The lowest BCUT2D eigenvalue weighted by Crippen LogP contribution is -2.14. The van der Waals surface area contributed by atoms with Gasteiger partial charge in [-0.15, -0.1) is 10.2 Å². The maximum absolute atomic E-state index is 11.9. The molecule has 0 saturated carbocycles. The van der Waals surface area contributed by atoms with Crippen LogP contribution >= 0.6 is 11.8 Å². The molecule has 6 nitrogen and oxygen atoms in total. The van der Waals surface area contributed by atoms with Crippen LogP contribution in [0.3, 0.4) is 0 Å². The molecule has 1 aromatic carbocycles. The molecule has 0 aliphatic carbocycles. The van der Waals surface area contributed by atoms with Gasteiger partial charge in [0.15, 0.2) is 5.82 Å². The van der Waals surface area contributed by atoms with Crippen LogP contribution in [0.15, 0.2) is 41.4 Å². The van der Waals surface area contributed by atoms with Gasteiger partial charge in [0.05, 0.1) is 5.75 Å². The topological polar surface area (TPSA) is 84.0 Å². The van der Waals surface area contributed by atoms with Gasteiger partial charge in [0, 0.05) is 12.6 Å². The first-order valence-electron chi connectivity index (χ1n) is 6.63. The van der Waals surface area contributed by atoms with Gasteiger partial charge in [-0.2, -0.15) is 0 Å². The van der Waals surface area contributed by atoms with Crippen molar-refractivity contribution >= 4 is 35.1 Å². The molecule has 7 heteroatoms. The average molecular weight is 316 g/mol. The van der Waals surface area contributed by atoms with Gasteiger partial charge in [0.25, 0.3) is 0 Å². The van der Waals surface area contributed by atoms with E-state index in [2.05, 4.69) is 20.8 Å². The molecular formula is C15H16N4O2S. The molecule has 0 unspecified atom stereocenters. The molecule has 0 saturated heterocycles. The lowest BCUT2D eigenvalue weighted by atomic mass is 10.2. The monoisotopic (exact) mass is 316 g/mol. The van der Waals surface area contributed by atoms with Gasteiger partial charge in [-0.25, -0.2) is 0 Å². The van der Waals surface area contributed by atoms with Gasteiger partial charge in [-0.3, -0.25) is 9.59 Å². The molecule has 0 fully saturated rings. The summed E-state index contributed by atoms with van der Waals surface area (Å²) < 4.78 is 0. The molecule has 1 aromatic heterocycles. The second kappa shape index (κ2) is 7.56. The molecular weight excluding hydrogens is 300 g/mol. The minimum Gasteiger partial charge on any atom is -0.325 e. The van der Waals surface area contributed by atoms with Crippen molar-refractivity contribution < 1.29 is 9.59 Å². The Balaban J connectivity index is 1.84. The zero-order valence-corrected chi connectivity index (χ0v) is 13.1. The SMILES string of the molecule is CC(=O)Nc1ccc(SCC(=O)Nc2cccc(C)c2)nn1. The van der Waals surface area contributed by atoms with Gasteiger partial charge in [-0.1, -0.05) is 23.9 Å². The summed E-state index contributed by atoms with van der Waals surface area (Å²) in [6.07, 6.45) is 0. The normalized spacial score (nSPS) is 10.1. The van der Waals surface area contributed by atoms with E-state index < -0.39 is 0 Å². The van der Waals surface area contributed by atoms with Crippen LogP contribution in [0.2, 0.25) is 0 Å². The van der Waals surface area contributed by atoms with Crippen LogP contribution in [0.5, 0.6) is 0 Å². The van der Waals surface area contributed by atoms with E-state index in [0.29, 0.717) is 10.8 Å². The minimum absolute atomic E-state index is 0.108. The molecule has 22 heavy (non-hydrogen) atoms. The first-order chi connectivity index (χ1) is 10.5. The highest BCUT2D eigenvalue weighted by molar-refractivity contribution is 7.99. The largest absolute Gasteiger partial charge is 0.325 e. The van der Waals surface area contributed by atoms with E-state index in [9.17, 15) is 9.59 Å². The lowest BCUT2D eigenvalue weighted by Gasteiger charge is -2.06. The summed E-state index contributed by atoms with van der Waals surface area (Å²) in [7, 11) is 0. The number of nitrogens with one attached hydrogen (secondary N) is 2. The number of hydrogen-bond acceptors (Lipinski definition) is 5. The molecule has 0 aliphatic heterocycles. The molecule has 0 atom stereocenters. The Hall–Kier alpha value is -2.41. The molecule has 0 radical (unpaired) electrons. The van der Waals surface area contributed by atoms with Crippen molar-refractivity contribution in [3.05, 3.63) is 42.0 Å². The molecule has 2 rings (SSSR count). The lowest BCUT2D eigenvalue weighted by molar-refractivity contribution is -0.114. The third-order valence-corrected chi connectivity index (χ3v) is 3.52. The molecule has 2 aromatic rings. The fraction of sp³-hybridized carbons (Fsp3) is 0.200. The highest BCUT2D eigenvalue weighted by Crippen LogP contribution is 2.16. The summed E-state index contributed by atoms with van der Waals surface area (Å²) in [6.45, 7) is 3.37.